The first-order valence-electron chi connectivity index (χ1n) is 9.42. The number of hydrogen-bond donors (Lipinski definition) is 6. The van der Waals surface area contributed by atoms with Crippen LogP contribution in [0.2, 0.25) is 5.02 Å². The second-order valence-corrected chi connectivity index (χ2v) is 8.14. The van der Waals surface area contributed by atoms with Crippen molar-refractivity contribution in [3.63, 3.8) is 0 Å². The fourth-order valence-electron chi connectivity index (χ4n) is 4.49. The molecule has 0 amide bonds. The number of nitrogens with zero attached hydrogens (tertiary/aromatic N) is 2. The van der Waals surface area contributed by atoms with Crippen LogP contribution in [0.4, 0.5) is 4.39 Å². The summed E-state index contributed by atoms with van der Waals surface area (Å²) in [5.74, 6) is -4.55. The van der Waals surface area contributed by atoms with Crippen molar-refractivity contribution in [2.75, 3.05) is 6.54 Å². The number of carbonyl (C=O) groups is 1. The summed E-state index contributed by atoms with van der Waals surface area (Å²) in [6.45, 7) is 3.33. The maximum Gasteiger partial charge on any atom is 0.346 e. The molecule has 0 bridgehead atoms. The highest BCUT2D eigenvalue weighted by Gasteiger charge is 2.75. The lowest BCUT2D eigenvalue weighted by atomic mass is 9.85. The average molecular weight is 442 g/mol. The Labute approximate surface area is 176 Å². The third-order valence-electron chi connectivity index (χ3n) is 5.90. The van der Waals surface area contributed by atoms with Crippen LogP contribution in [0.25, 0.3) is 0 Å². The van der Waals surface area contributed by atoms with Gasteiger partial charge in [0.2, 0.25) is 5.66 Å². The highest BCUT2D eigenvalue weighted by atomic mass is 35.5. The largest absolute Gasteiger partial charge is 0.449 e. The lowest BCUT2D eigenvalue weighted by Gasteiger charge is -2.43. The number of carbonyl (C=O) groups excluding carboxylic acids is 1. The van der Waals surface area contributed by atoms with E-state index in [1.807, 2.05) is 6.92 Å². The quantitative estimate of drug-likeness (QED) is 0.192. The molecule has 0 saturated carbocycles. The highest BCUT2D eigenvalue weighted by molar-refractivity contribution is 6.31. The van der Waals surface area contributed by atoms with Crippen molar-refractivity contribution >= 4 is 29.5 Å². The Bertz CT molecular complexity index is 999. The molecule has 30 heavy (non-hydrogen) atoms. The van der Waals surface area contributed by atoms with Crippen LogP contribution in [-0.4, -0.2) is 68.9 Å². The topological polar surface area (TPSA) is 158 Å². The Balaban J connectivity index is 1.72. The summed E-state index contributed by atoms with van der Waals surface area (Å²) in [7, 11) is 0. The van der Waals surface area contributed by atoms with Crippen molar-refractivity contribution in [1.82, 2.24) is 10.6 Å². The zero-order chi connectivity index (χ0) is 22.0. The highest BCUT2D eigenvalue weighted by Crippen LogP contribution is 2.43. The SMILES string of the molecule is CC[C@@H]1NC(N)=[N+]2C[C@H](OC(=O)c3cc(C)cc(Cl)c3F)C(O)(O)[C@@]23NC(N)=N[C@@H]13. The summed E-state index contributed by atoms with van der Waals surface area (Å²) in [6.07, 6.45) is -0.928. The molecule has 0 aliphatic carbocycles. The van der Waals surface area contributed by atoms with Crippen LogP contribution in [0.1, 0.15) is 29.3 Å². The molecule has 0 aromatic heterocycles. The van der Waals surface area contributed by atoms with Gasteiger partial charge in [0.15, 0.2) is 17.9 Å². The van der Waals surface area contributed by atoms with E-state index in [2.05, 4.69) is 15.6 Å². The van der Waals surface area contributed by atoms with Crippen LogP contribution < -0.4 is 22.1 Å². The number of ether oxygens (including phenoxy) is 1. The first-order valence-corrected chi connectivity index (χ1v) is 9.80. The number of halogens is 2. The zero-order valence-electron chi connectivity index (χ0n) is 16.3. The van der Waals surface area contributed by atoms with Gasteiger partial charge < -0.3 is 26.0 Å². The molecule has 3 aliphatic heterocycles. The molecule has 0 radical (unpaired) electrons. The molecule has 1 fully saturated rings. The van der Waals surface area contributed by atoms with Crippen molar-refractivity contribution in [3.05, 3.63) is 34.1 Å². The monoisotopic (exact) mass is 441 g/mol. The van der Waals surface area contributed by atoms with Crippen LogP contribution in [0, 0.1) is 12.7 Å². The van der Waals surface area contributed by atoms with E-state index >= 15 is 0 Å². The van der Waals surface area contributed by atoms with E-state index in [4.69, 9.17) is 27.8 Å². The van der Waals surface area contributed by atoms with Gasteiger partial charge in [-0.05, 0) is 31.0 Å². The fraction of sp³-hybridized carbons (Fsp3) is 0.500. The third-order valence-corrected chi connectivity index (χ3v) is 6.17. The molecule has 12 heteroatoms. The lowest BCUT2D eigenvalue weighted by molar-refractivity contribution is -0.623. The number of benzene rings is 1. The zero-order valence-corrected chi connectivity index (χ0v) is 17.1. The molecule has 3 aliphatic rings. The number of esters is 1. The fourth-order valence-corrected chi connectivity index (χ4v) is 4.76. The Morgan fingerprint density at radius 1 is 1.47 bits per heavy atom. The van der Waals surface area contributed by atoms with Crippen LogP contribution in [0.3, 0.4) is 0 Å². The maximum absolute atomic E-state index is 14.4. The molecule has 1 aromatic carbocycles. The Morgan fingerprint density at radius 2 is 2.17 bits per heavy atom. The third kappa shape index (κ3) is 2.65. The number of aliphatic imine (C=N–C) groups is 1. The first-order chi connectivity index (χ1) is 14.0. The summed E-state index contributed by atoms with van der Waals surface area (Å²) < 4.78 is 21.1. The van der Waals surface area contributed by atoms with Crippen LogP contribution in [0.5, 0.6) is 0 Å². The number of rotatable bonds is 3. The van der Waals surface area contributed by atoms with Gasteiger partial charge >= 0.3 is 11.9 Å². The number of aliphatic hydroxyl groups is 2. The van der Waals surface area contributed by atoms with E-state index in [1.54, 1.807) is 6.92 Å². The van der Waals surface area contributed by atoms with Crippen LogP contribution in [0.15, 0.2) is 17.1 Å². The van der Waals surface area contributed by atoms with Crippen molar-refractivity contribution in [3.8, 4) is 0 Å². The number of nitrogens with two attached hydrogens (primary N) is 2. The van der Waals surface area contributed by atoms with Crippen molar-refractivity contribution in [1.29, 1.82) is 0 Å². The number of nitrogens with one attached hydrogen (secondary N) is 2. The van der Waals surface area contributed by atoms with Gasteiger partial charge in [-0.3, -0.25) is 11.1 Å². The Morgan fingerprint density at radius 3 is 2.83 bits per heavy atom. The van der Waals surface area contributed by atoms with E-state index in [0.717, 1.165) is 0 Å². The van der Waals surface area contributed by atoms with Gasteiger partial charge in [0.1, 0.15) is 18.6 Å². The molecule has 8 N–H and O–H groups in total. The van der Waals surface area contributed by atoms with Gasteiger partial charge in [-0.1, -0.05) is 18.5 Å². The summed E-state index contributed by atoms with van der Waals surface area (Å²) >= 11 is 5.82. The summed E-state index contributed by atoms with van der Waals surface area (Å²) in [4.78, 5) is 17.0. The van der Waals surface area contributed by atoms with Gasteiger partial charge in [0.25, 0.3) is 5.79 Å². The second kappa shape index (κ2) is 6.69. The smallest absolute Gasteiger partial charge is 0.346 e. The van der Waals surface area contributed by atoms with Gasteiger partial charge in [-0.2, -0.15) is 0 Å². The minimum Gasteiger partial charge on any atom is -0.449 e. The lowest BCUT2D eigenvalue weighted by Crippen LogP contribution is -2.78. The van der Waals surface area contributed by atoms with Gasteiger partial charge in [-0.25, -0.2) is 18.8 Å². The Kier molecular flexibility index (Phi) is 4.60. The molecule has 4 rings (SSSR count). The average Bonchev–Trinajstić information content (AvgIpc) is 3.13. The molecule has 0 unspecified atom stereocenters. The van der Waals surface area contributed by atoms with Crippen molar-refractivity contribution in [2.45, 2.75) is 49.9 Å². The minimum absolute atomic E-state index is 0.00379. The van der Waals surface area contributed by atoms with Crippen LogP contribution in [-0.2, 0) is 4.74 Å². The molecule has 3 heterocycles. The minimum atomic E-state index is -2.65. The molecule has 10 nitrogen and oxygen atoms in total. The van der Waals surface area contributed by atoms with E-state index in [-0.39, 0.29) is 29.5 Å². The molecule has 4 atom stereocenters. The van der Waals surface area contributed by atoms with Crippen molar-refractivity contribution in [2.24, 2.45) is 16.5 Å². The maximum atomic E-state index is 14.4. The second-order valence-electron chi connectivity index (χ2n) is 7.73. The van der Waals surface area contributed by atoms with Gasteiger partial charge in [0, 0.05) is 0 Å². The van der Waals surface area contributed by atoms with Crippen LogP contribution >= 0.6 is 11.6 Å². The standard InChI is InChI=1S/C18H22ClFN6O4/c1-3-10-13-17(25-15(21)24-13)18(28,29)11(6-26(17)16(22)23-10)30-14(27)8-4-7(2)5-9(19)12(8)20/h4-5,10-11,13,28-29H,3,6H2,1-2H3,(H5,21,22,23,24,25)/p+1/t10-,11-,13-,17-/m0/s1. The predicted octanol–water partition coefficient (Wildman–Crippen LogP) is -1.30. The molecular formula is C18H23ClFN6O4+. The van der Waals surface area contributed by atoms with E-state index in [9.17, 15) is 19.4 Å². The van der Waals surface area contributed by atoms with Crippen molar-refractivity contribution < 1.29 is 28.7 Å². The summed E-state index contributed by atoms with van der Waals surface area (Å²) in [5.41, 5.74) is 10.5. The molecule has 1 aromatic rings. The van der Waals surface area contributed by atoms with E-state index in [1.165, 1.54) is 16.7 Å². The van der Waals surface area contributed by atoms with E-state index in [0.29, 0.717) is 12.0 Å². The number of guanidine groups is 2. The number of hydrogen-bond acceptors (Lipinski definition) is 9. The normalized spacial score (nSPS) is 31.4. The predicted molar refractivity (Wildman–Crippen MR) is 105 cm³/mol. The number of aryl methyl sites for hydroxylation is 1. The molecule has 162 valence electrons. The van der Waals surface area contributed by atoms with Gasteiger partial charge in [0.05, 0.1) is 10.6 Å². The first kappa shape index (κ1) is 20.6. The molecule has 1 saturated heterocycles. The summed E-state index contributed by atoms with van der Waals surface area (Å²) in [6, 6.07) is 1.55. The molecule has 1 spiro atoms. The molecular weight excluding hydrogens is 419 g/mol. The summed E-state index contributed by atoms with van der Waals surface area (Å²) in [5, 5.41) is 28.0. The van der Waals surface area contributed by atoms with E-state index < -0.39 is 40.9 Å². The van der Waals surface area contributed by atoms with Gasteiger partial charge in [-0.15, -0.1) is 0 Å². The Hall–Kier alpha value is -2.63.